The van der Waals surface area contributed by atoms with Crippen molar-refractivity contribution in [3.63, 3.8) is 0 Å². The van der Waals surface area contributed by atoms with Crippen molar-refractivity contribution < 1.29 is 14.3 Å². The molecule has 1 aliphatic heterocycles. The fourth-order valence-corrected chi connectivity index (χ4v) is 6.65. The Labute approximate surface area is 173 Å². The predicted octanol–water partition coefficient (Wildman–Crippen LogP) is 2.33. The molecule has 0 radical (unpaired) electrons. The fraction of sp³-hybridized carbons (Fsp3) is 0.571. The monoisotopic (exact) mass is 408 g/mol. The highest BCUT2D eigenvalue weighted by molar-refractivity contribution is 6.00. The van der Waals surface area contributed by atoms with E-state index in [-0.39, 0.29) is 17.4 Å². The van der Waals surface area contributed by atoms with Gasteiger partial charge in [-0.05, 0) is 80.7 Å². The van der Waals surface area contributed by atoms with Crippen LogP contribution in [0.4, 0.5) is 11.4 Å². The zero-order valence-electron chi connectivity index (χ0n) is 16.8. The maximum atomic E-state index is 13.6. The number of nitrogens with one attached hydrogen (secondary N) is 2. The van der Waals surface area contributed by atoms with Gasteiger partial charge in [0.25, 0.3) is 5.91 Å². The summed E-state index contributed by atoms with van der Waals surface area (Å²) < 4.78 is 5.61. The number of aromatic nitrogens is 4. The number of anilines is 2. The zero-order chi connectivity index (χ0) is 20.5. The Morgan fingerprint density at radius 2 is 2.07 bits per heavy atom. The molecule has 4 bridgehead atoms. The summed E-state index contributed by atoms with van der Waals surface area (Å²) in [6.45, 7) is 1.71. The molecule has 4 fully saturated rings. The predicted molar refractivity (Wildman–Crippen MR) is 107 cm³/mol. The van der Waals surface area contributed by atoms with Gasteiger partial charge >= 0.3 is 0 Å². The minimum Gasteiger partial charge on any atom is -0.479 e. The van der Waals surface area contributed by atoms with Gasteiger partial charge in [-0.3, -0.25) is 9.59 Å². The number of amides is 2. The molecule has 9 heteroatoms. The van der Waals surface area contributed by atoms with Crippen LogP contribution >= 0.6 is 0 Å². The van der Waals surface area contributed by atoms with Gasteiger partial charge in [0, 0.05) is 5.69 Å². The average Bonchev–Trinajstić information content (AvgIpc) is 3.24. The summed E-state index contributed by atoms with van der Waals surface area (Å²) in [5.74, 6) is 1.51. The summed E-state index contributed by atoms with van der Waals surface area (Å²) in [4.78, 5) is 27.3. The van der Waals surface area contributed by atoms with E-state index in [0.717, 1.165) is 32.1 Å². The largest absolute Gasteiger partial charge is 0.479 e. The number of hydrogen-bond acceptors (Lipinski definition) is 6. The number of carbonyl (C=O) groups excluding carboxylic acids is 2. The summed E-state index contributed by atoms with van der Waals surface area (Å²) in [6.07, 6.45) is 6.76. The third kappa shape index (κ3) is 2.57. The molecular weight excluding hydrogens is 384 g/mol. The highest BCUT2D eigenvalue weighted by Crippen LogP contribution is 2.64. The van der Waals surface area contributed by atoms with E-state index in [0.29, 0.717) is 29.0 Å². The number of rotatable bonds is 3. The lowest BCUT2D eigenvalue weighted by Crippen LogP contribution is -2.60. The number of nitrogens with zero attached hydrogens (tertiary/aromatic N) is 4. The Kier molecular flexibility index (Phi) is 3.58. The van der Waals surface area contributed by atoms with Gasteiger partial charge in [-0.1, -0.05) is 0 Å². The van der Waals surface area contributed by atoms with Gasteiger partial charge in [0.15, 0.2) is 12.4 Å². The molecule has 5 atom stereocenters. The lowest BCUT2D eigenvalue weighted by atomic mass is 9.46. The molecule has 2 heterocycles. The molecule has 4 saturated carbocycles. The molecule has 2 aromatic rings. The van der Waals surface area contributed by atoms with Gasteiger partial charge in [0.05, 0.1) is 16.6 Å². The van der Waals surface area contributed by atoms with E-state index in [9.17, 15) is 9.59 Å². The van der Waals surface area contributed by atoms with E-state index < -0.39 is 11.5 Å². The molecular formula is C21H24N6O3. The second-order valence-electron chi connectivity index (χ2n) is 9.61. The quantitative estimate of drug-likeness (QED) is 0.806. The lowest BCUT2D eigenvalue weighted by molar-refractivity contribution is -0.152. The standard InChI is InChI=1S/C21H24N6O3/c1-12-18(28)25-16-5-15(2-3-17(16)30-12)24-19(29)20-6-13-4-14(7-20)9-21(8-13,10-20)27-23-11-22-26-27/h2-3,5,11-14H,4,6-10H2,1H3,(H,24,29)(H,25,28)/t12-,13-,14+,20?,21?/m0/s1. The van der Waals surface area contributed by atoms with Crippen LogP contribution in [0.3, 0.4) is 0 Å². The molecule has 2 unspecified atom stereocenters. The molecule has 30 heavy (non-hydrogen) atoms. The first-order valence-corrected chi connectivity index (χ1v) is 10.6. The Balaban J connectivity index is 1.28. The van der Waals surface area contributed by atoms with Crippen molar-refractivity contribution in [2.24, 2.45) is 17.3 Å². The summed E-state index contributed by atoms with van der Waals surface area (Å²) in [7, 11) is 0. The Morgan fingerprint density at radius 3 is 2.80 bits per heavy atom. The first-order valence-electron chi connectivity index (χ1n) is 10.6. The van der Waals surface area contributed by atoms with Crippen LogP contribution in [-0.2, 0) is 15.1 Å². The minimum absolute atomic E-state index is 0.0532. The zero-order valence-corrected chi connectivity index (χ0v) is 16.8. The maximum Gasteiger partial charge on any atom is 0.265 e. The molecule has 0 spiro atoms. The van der Waals surface area contributed by atoms with E-state index in [4.69, 9.17) is 4.74 Å². The lowest BCUT2D eigenvalue weighted by Gasteiger charge is -2.60. The summed E-state index contributed by atoms with van der Waals surface area (Å²) in [5.41, 5.74) is 0.638. The van der Waals surface area contributed by atoms with Crippen molar-refractivity contribution in [3.8, 4) is 5.75 Å². The summed E-state index contributed by atoms with van der Waals surface area (Å²) >= 11 is 0. The van der Waals surface area contributed by atoms with Crippen molar-refractivity contribution in [3.05, 3.63) is 24.5 Å². The number of hydrogen-bond donors (Lipinski definition) is 2. The van der Waals surface area contributed by atoms with Crippen LogP contribution in [0.1, 0.15) is 45.4 Å². The van der Waals surface area contributed by atoms with Crippen molar-refractivity contribution in [1.29, 1.82) is 0 Å². The van der Waals surface area contributed by atoms with E-state index >= 15 is 0 Å². The molecule has 1 aromatic carbocycles. The van der Waals surface area contributed by atoms with Crippen LogP contribution in [0.25, 0.3) is 0 Å². The van der Waals surface area contributed by atoms with Crippen LogP contribution in [-0.4, -0.2) is 38.1 Å². The molecule has 9 nitrogen and oxygen atoms in total. The summed E-state index contributed by atoms with van der Waals surface area (Å²) in [5, 5.41) is 18.5. The van der Waals surface area contributed by atoms with E-state index in [1.807, 2.05) is 6.07 Å². The molecule has 4 aliphatic carbocycles. The van der Waals surface area contributed by atoms with E-state index in [2.05, 4.69) is 26.0 Å². The van der Waals surface area contributed by atoms with Gasteiger partial charge in [-0.2, -0.15) is 4.80 Å². The van der Waals surface area contributed by atoms with Crippen molar-refractivity contribution in [2.45, 2.75) is 57.1 Å². The maximum absolute atomic E-state index is 13.6. The molecule has 0 saturated heterocycles. The summed E-state index contributed by atoms with van der Waals surface area (Å²) in [6, 6.07) is 5.39. The van der Waals surface area contributed by atoms with E-state index in [1.54, 1.807) is 23.9 Å². The Morgan fingerprint density at radius 1 is 1.27 bits per heavy atom. The molecule has 1 aromatic heterocycles. The highest BCUT2D eigenvalue weighted by atomic mass is 16.5. The minimum atomic E-state index is -0.522. The molecule has 2 N–H and O–H groups in total. The molecule has 156 valence electrons. The van der Waals surface area contributed by atoms with Crippen LogP contribution in [0.15, 0.2) is 24.5 Å². The SMILES string of the molecule is C[C@@H]1Oc2ccc(NC(=O)C34C[C@H]5C[C@@H](C3)CC(n3ncnn3)(C5)C4)cc2NC1=O. The number of benzene rings is 1. The number of fused-ring (bicyclic) bond motifs is 1. The van der Waals surface area contributed by atoms with Crippen LogP contribution in [0.5, 0.6) is 5.75 Å². The first kappa shape index (κ1) is 17.9. The topological polar surface area (TPSA) is 111 Å². The van der Waals surface area contributed by atoms with Crippen molar-refractivity contribution in [2.75, 3.05) is 10.6 Å². The number of carbonyl (C=O) groups is 2. The third-order valence-electron chi connectivity index (χ3n) is 7.45. The van der Waals surface area contributed by atoms with Crippen LogP contribution < -0.4 is 15.4 Å². The van der Waals surface area contributed by atoms with Gasteiger partial charge in [0.1, 0.15) is 5.75 Å². The van der Waals surface area contributed by atoms with Gasteiger partial charge in [-0.25, -0.2) is 0 Å². The van der Waals surface area contributed by atoms with Gasteiger partial charge in [-0.15, -0.1) is 10.2 Å². The molecule has 5 aliphatic rings. The second kappa shape index (κ2) is 6.02. The average molecular weight is 408 g/mol. The van der Waals surface area contributed by atoms with Crippen molar-refractivity contribution >= 4 is 23.2 Å². The molecule has 7 rings (SSSR count). The van der Waals surface area contributed by atoms with Crippen molar-refractivity contribution in [1.82, 2.24) is 20.2 Å². The number of tetrazole rings is 1. The Bertz CT molecular complexity index is 1020. The third-order valence-corrected chi connectivity index (χ3v) is 7.45. The first-order chi connectivity index (χ1) is 14.4. The van der Waals surface area contributed by atoms with Crippen LogP contribution in [0.2, 0.25) is 0 Å². The highest BCUT2D eigenvalue weighted by Gasteiger charge is 2.62. The second-order valence-corrected chi connectivity index (χ2v) is 9.61. The Hall–Kier alpha value is -2.97. The number of ether oxygens (including phenoxy) is 1. The normalized spacial score (nSPS) is 36.0. The van der Waals surface area contributed by atoms with Crippen LogP contribution in [0, 0.1) is 17.3 Å². The fourth-order valence-electron chi connectivity index (χ4n) is 6.65. The van der Waals surface area contributed by atoms with Gasteiger partial charge in [0.2, 0.25) is 5.91 Å². The van der Waals surface area contributed by atoms with Gasteiger partial charge < -0.3 is 15.4 Å². The van der Waals surface area contributed by atoms with E-state index in [1.165, 1.54) is 12.7 Å². The smallest absolute Gasteiger partial charge is 0.265 e. The molecule has 2 amide bonds.